The Kier molecular flexibility index (Phi) is 2.98. The number of halogens is 1. The summed E-state index contributed by atoms with van der Waals surface area (Å²) in [7, 11) is 0. The second kappa shape index (κ2) is 4.53. The van der Waals surface area contributed by atoms with Gasteiger partial charge in [-0.25, -0.2) is 0 Å². The van der Waals surface area contributed by atoms with Gasteiger partial charge in [-0.1, -0.05) is 34.1 Å². The molecule has 0 aliphatic rings. The van der Waals surface area contributed by atoms with Crippen molar-refractivity contribution in [2.75, 3.05) is 0 Å². The largest absolute Gasteiger partial charge is 0.463 e. The Bertz CT molecular complexity index is 768. The van der Waals surface area contributed by atoms with E-state index in [0.717, 1.165) is 15.6 Å². The number of benzene rings is 2. The van der Waals surface area contributed by atoms with Crippen LogP contribution in [-0.2, 0) is 0 Å². The Morgan fingerprint density at radius 3 is 2.53 bits per heavy atom. The van der Waals surface area contributed by atoms with Crippen LogP contribution in [0.25, 0.3) is 22.1 Å². The van der Waals surface area contributed by atoms with E-state index in [4.69, 9.17) is 4.42 Å². The topological polar surface area (TPSA) is 13.1 Å². The van der Waals surface area contributed by atoms with Crippen LogP contribution in [0.4, 0.5) is 0 Å². The third-order valence-corrected chi connectivity index (χ3v) is 4.18. The van der Waals surface area contributed by atoms with E-state index in [1.807, 2.05) is 12.3 Å². The lowest BCUT2D eigenvalue weighted by atomic mass is 9.97. The van der Waals surface area contributed by atoms with E-state index in [-0.39, 0.29) is 0 Å². The van der Waals surface area contributed by atoms with E-state index >= 15 is 0 Å². The molecule has 0 bridgehead atoms. The zero-order valence-corrected chi connectivity index (χ0v) is 12.8. The first-order valence-corrected chi connectivity index (χ1v) is 7.11. The summed E-state index contributed by atoms with van der Waals surface area (Å²) in [6.45, 7) is 6.39. The number of hydrogen-bond acceptors (Lipinski definition) is 1. The number of furan rings is 1. The average molecular weight is 315 g/mol. The van der Waals surface area contributed by atoms with Crippen molar-refractivity contribution in [3.63, 3.8) is 0 Å². The Hall–Kier alpha value is -1.54. The van der Waals surface area contributed by atoms with Crippen LogP contribution >= 0.6 is 15.9 Å². The fourth-order valence-electron chi connectivity index (χ4n) is 2.58. The minimum absolute atomic E-state index is 1.01. The molecule has 19 heavy (non-hydrogen) atoms. The number of rotatable bonds is 1. The van der Waals surface area contributed by atoms with Crippen LogP contribution in [0.1, 0.15) is 16.7 Å². The summed E-state index contributed by atoms with van der Waals surface area (Å²) in [5.41, 5.74) is 7.12. The molecule has 0 N–H and O–H groups in total. The number of hydrogen-bond donors (Lipinski definition) is 0. The van der Waals surface area contributed by atoms with Gasteiger partial charge < -0.3 is 4.42 Å². The summed E-state index contributed by atoms with van der Waals surface area (Å²) in [6.07, 6.45) is 1.87. The minimum atomic E-state index is 1.01. The highest BCUT2D eigenvalue weighted by Crippen LogP contribution is 2.36. The lowest BCUT2D eigenvalue weighted by molar-refractivity contribution is 0.614. The summed E-state index contributed by atoms with van der Waals surface area (Å²) in [6, 6.07) is 10.6. The molecule has 0 saturated heterocycles. The molecule has 2 heteroatoms. The lowest BCUT2D eigenvalue weighted by Gasteiger charge is -2.06. The standard InChI is InChI=1S/C17H15BrO/c1-10-7-11(2)16-15(9-19-17(16)12(10)3)13-5-4-6-14(18)8-13/h4-9H,1-3H3. The molecular formula is C17H15BrO. The molecule has 0 saturated carbocycles. The number of fused-ring (bicyclic) bond motifs is 1. The summed E-state index contributed by atoms with van der Waals surface area (Å²) >= 11 is 3.53. The van der Waals surface area contributed by atoms with Crippen molar-refractivity contribution in [2.24, 2.45) is 0 Å². The Morgan fingerprint density at radius 2 is 1.79 bits per heavy atom. The molecule has 96 valence electrons. The predicted molar refractivity (Wildman–Crippen MR) is 83.6 cm³/mol. The zero-order chi connectivity index (χ0) is 13.6. The molecule has 2 aromatic carbocycles. The smallest absolute Gasteiger partial charge is 0.137 e. The van der Waals surface area contributed by atoms with E-state index in [1.165, 1.54) is 27.6 Å². The highest BCUT2D eigenvalue weighted by Gasteiger charge is 2.14. The van der Waals surface area contributed by atoms with Gasteiger partial charge >= 0.3 is 0 Å². The van der Waals surface area contributed by atoms with Gasteiger partial charge in [0.15, 0.2) is 0 Å². The van der Waals surface area contributed by atoms with Crippen LogP contribution < -0.4 is 0 Å². The van der Waals surface area contributed by atoms with Crippen LogP contribution in [0.5, 0.6) is 0 Å². The maximum absolute atomic E-state index is 5.82. The molecule has 3 aromatic rings. The number of aryl methyl sites for hydroxylation is 3. The predicted octanol–water partition coefficient (Wildman–Crippen LogP) is 5.79. The van der Waals surface area contributed by atoms with Crippen molar-refractivity contribution in [3.8, 4) is 11.1 Å². The maximum atomic E-state index is 5.82. The highest BCUT2D eigenvalue weighted by molar-refractivity contribution is 9.10. The lowest BCUT2D eigenvalue weighted by Crippen LogP contribution is -1.86. The normalized spacial score (nSPS) is 11.2. The molecule has 1 heterocycles. The summed E-state index contributed by atoms with van der Waals surface area (Å²) in [5.74, 6) is 0. The summed E-state index contributed by atoms with van der Waals surface area (Å²) in [5, 5.41) is 1.22. The quantitative estimate of drug-likeness (QED) is 0.554. The Morgan fingerprint density at radius 1 is 1.00 bits per heavy atom. The average Bonchev–Trinajstić information content (AvgIpc) is 2.81. The zero-order valence-electron chi connectivity index (χ0n) is 11.3. The Balaban J connectivity index is 2.35. The summed E-state index contributed by atoms with van der Waals surface area (Å²) < 4.78 is 6.90. The molecule has 0 atom stereocenters. The molecule has 3 rings (SSSR count). The van der Waals surface area contributed by atoms with Gasteiger partial charge in [-0.05, 0) is 55.2 Å². The van der Waals surface area contributed by atoms with Gasteiger partial charge in [0.25, 0.3) is 0 Å². The molecule has 0 fully saturated rings. The fraction of sp³-hybridized carbons (Fsp3) is 0.176. The highest BCUT2D eigenvalue weighted by atomic mass is 79.9. The molecule has 0 unspecified atom stereocenters. The SMILES string of the molecule is Cc1cc(C)c2c(-c3cccc(Br)c3)coc2c1C. The van der Waals surface area contributed by atoms with Gasteiger partial charge in [0.2, 0.25) is 0 Å². The van der Waals surface area contributed by atoms with Gasteiger partial charge in [-0.2, -0.15) is 0 Å². The minimum Gasteiger partial charge on any atom is -0.463 e. The van der Waals surface area contributed by atoms with E-state index in [9.17, 15) is 0 Å². The van der Waals surface area contributed by atoms with Crippen LogP contribution in [0, 0.1) is 20.8 Å². The van der Waals surface area contributed by atoms with Crippen molar-refractivity contribution >= 4 is 26.9 Å². The third kappa shape index (κ3) is 2.00. The first-order chi connectivity index (χ1) is 9.08. The fourth-order valence-corrected chi connectivity index (χ4v) is 2.98. The first kappa shape index (κ1) is 12.5. The van der Waals surface area contributed by atoms with Crippen molar-refractivity contribution in [2.45, 2.75) is 20.8 Å². The monoisotopic (exact) mass is 314 g/mol. The van der Waals surface area contributed by atoms with E-state index < -0.39 is 0 Å². The second-order valence-electron chi connectivity index (χ2n) is 5.00. The van der Waals surface area contributed by atoms with Crippen molar-refractivity contribution < 1.29 is 4.42 Å². The second-order valence-corrected chi connectivity index (χ2v) is 5.91. The molecule has 0 aliphatic heterocycles. The van der Waals surface area contributed by atoms with Crippen LogP contribution in [0.3, 0.4) is 0 Å². The van der Waals surface area contributed by atoms with Gasteiger partial charge in [-0.15, -0.1) is 0 Å². The van der Waals surface area contributed by atoms with Gasteiger partial charge in [0, 0.05) is 15.4 Å². The Labute approximate surface area is 121 Å². The molecule has 0 spiro atoms. The van der Waals surface area contributed by atoms with Crippen molar-refractivity contribution in [1.29, 1.82) is 0 Å². The molecule has 1 nitrogen and oxygen atoms in total. The third-order valence-electron chi connectivity index (χ3n) is 3.69. The van der Waals surface area contributed by atoms with Crippen LogP contribution in [-0.4, -0.2) is 0 Å². The van der Waals surface area contributed by atoms with Gasteiger partial charge in [-0.3, -0.25) is 0 Å². The van der Waals surface area contributed by atoms with E-state index in [1.54, 1.807) is 0 Å². The van der Waals surface area contributed by atoms with Crippen LogP contribution in [0.2, 0.25) is 0 Å². The van der Waals surface area contributed by atoms with E-state index in [0.29, 0.717) is 0 Å². The molecule has 1 aromatic heterocycles. The van der Waals surface area contributed by atoms with Crippen molar-refractivity contribution in [3.05, 3.63) is 57.8 Å². The summed E-state index contributed by atoms with van der Waals surface area (Å²) in [4.78, 5) is 0. The first-order valence-electron chi connectivity index (χ1n) is 6.32. The molecule has 0 radical (unpaired) electrons. The van der Waals surface area contributed by atoms with E-state index in [2.05, 4.69) is 61.0 Å². The van der Waals surface area contributed by atoms with Gasteiger partial charge in [0.05, 0.1) is 6.26 Å². The molecular weight excluding hydrogens is 300 g/mol. The maximum Gasteiger partial charge on any atom is 0.137 e. The van der Waals surface area contributed by atoms with Crippen molar-refractivity contribution in [1.82, 2.24) is 0 Å². The molecule has 0 aliphatic carbocycles. The molecule has 0 amide bonds. The van der Waals surface area contributed by atoms with Gasteiger partial charge in [0.1, 0.15) is 5.58 Å². The van der Waals surface area contributed by atoms with Crippen LogP contribution in [0.15, 0.2) is 45.5 Å².